The van der Waals surface area contributed by atoms with E-state index in [0.717, 1.165) is 25.3 Å². The number of rotatable bonds is 5. The second-order valence-electron chi connectivity index (χ2n) is 3.93. The maximum absolute atomic E-state index is 4.29. The average Bonchev–Trinajstić information content (AvgIpc) is 2.62. The molecule has 3 heteroatoms. The summed E-state index contributed by atoms with van der Waals surface area (Å²) in [6.07, 6.45) is 0. The molecule has 0 atom stereocenters. The molecule has 0 saturated heterocycles. The molecule has 80 valence electrons. The molecule has 0 radical (unpaired) electrons. The van der Waals surface area contributed by atoms with Gasteiger partial charge in [-0.2, -0.15) is 5.10 Å². The molecule has 0 aliphatic heterocycles. The van der Waals surface area contributed by atoms with Gasteiger partial charge in [0.05, 0.1) is 5.69 Å². The molecule has 0 fully saturated rings. The summed E-state index contributed by atoms with van der Waals surface area (Å²) >= 11 is 0. The zero-order valence-corrected chi connectivity index (χ0v) is 9.67. The van der Waals surface area contributed by atoms with Gasteiger partial charge < -0.3 is 0 Å². The summed E-state index contributed by atoms with van der Waals surface area (Å²) in [6, 6.07) is 2.17. The minimum Gasteiger partial charge on any atom is -0.298 e. The van der Waals surface area contributed by atoms with Gasteiger partial charge in [0.25, 0.3) is 0 Å². The number of aromatic nitrogens is 2. The Bertz CT molecular complexity index is 261. The lowest BCUT2D eigenvalue weighted by Crippen LogP contribution is -2.22. The number of hydrogen-bond acceptors (Lipinski definition) is 2. The van der Waals surface area contributed by atoms with Crippen molar-refractivity contribution in [1.82, 2.24) is 15.1 Å². The highest BCUT2D eigenvalue weighted by molar-refractivity contribution is 5.11. The van der Waals surface area contributed by atoms with Crippen molar-refractivity contribution >= 4 is 0 Å². The summed E-state index contributed by atoms with van der Waals surface area (Å²) in [7, 11) is 0. The van der Waals surface area contributed by atoms with Gasteiger partial charge in [-0.25, -0.2) is 0 Å². The van der Waals surface area contributed by atoms with Crippen LogP contribution < -0.4 is 0 Å². The lowest BCUT2D eigenvalue weighted by molar-refractivity contribution is 0.292. The Morgan fingerprint density at radius 3 is 2.43 bits per heavy atom. The molecule has 0 spiro atoms. The highest BCUT2D eigenvalue weighted by Crippen LogP contribution is 2.12. The Morgan fingerprint density at radius 2 is 2.00 bits per heavy atom. The summed E-state index contributed by atoms with van der Waals surface area (Å²) in [6.45, 7) is 11.9. The van der Waals surface area contributed by atoms with Gasteiger partial charge in [-0.1, -0.05) is 27.7 Å². The van der Waals surface area contributed by atoms with Crippen LogP contribution in [0.5, 0.6) is 0 Å². The molecule has 0 aliphatic rings. The van der Waals surface area contributed by atoms with Gasteiger partial charge in [0.2, 0.25) is 0 Å². The Labute approximate surface area is 86.5 Å². The molecule has 14 heavy (non-hydrogen) atoms. The number of nitrogens with one attached hydrogen (secondary N) is 1. The second kappa shape index (κ2) is 5.15. The van der Waals surface area contributed by atoms with Crippen LogP contribution in [0.25, 0.3) is 0 Å². The fraction of sp³-hybridized carbons (Fsp3) is 0.727. The Balaban J connectivity index is 2.58. The van der Waals surface area contributed by atoms with Crippen LogP contribution in [0, 0.1) is 0 Å². The van der Waals surface area contributed by atoms with Crippen molar-refractivity contribution in [3.63, 3.8) is 0 Å². The molecular weight excluding hydrogens is 174 g/mol. The molecule has 1 aromatic rings. The van der Waals surface area contributed by atoms with Crippen molar-refractivity contribution in [3.05, 3.63) is 17.5 Å². The Hall–Kier alpha value is -0.830. The van der Waals surface area contributed by atoms with Gasteiger partial charge >= 0.3 is 0 Å². The lowest BCUT2D eigenvalue weighted by Gasteiger charge is -2.16. The van der Waals surface area contributed by atoms with Gasteiger partial charge in [-0.15, -0.1) is 0 Å². The van der Waals surface area contributed by atoms with E-state index in [4.69, 9.17) is 0 Å². The normalized spacial score (nSPS) is 11.6. The summed E-state index contributed by atoms with van der Waals surface area (Å²) in [5, 5.41) is 7.38. The van der Waals surface area contributed by atoms with Crippen molar-refractivity contribution < 1.29 is 0 Å². The Kier molecular flexibility index (Phi) is 4.14. The van der Waals surface area contributed by atoms with Crippen LogP contribution in [0.1, 0.15) is 45.0 Å². The molecule has 0 amide bonds. The third-order valence-corrected chi connectivity index (χ3v) is 2.53. The van der Waals surface area contributed by atoms with Crippen molar-refractivity contribution in [1.29, 1.82) is 0 Å². The van der Waals surface area contributed by atoms with E-state index in [1.165, 1.54) is 5.69 Å². The molecule has 0 saturated carbocycles. The van der Waals surface area contributed by atoms with Crippen LogP contribution >= 0.6 is 0 Å². The molecule has 0 unspecified atom stereocenters. The van der Waals surface area contributed by atoms with Gasteiger partial charge in [-0.3, -0.25) is 10.00 Å². The summed E-state index contributed by atoms with van der Waals surface area (Å²) in [5.41, 5.74) is 2.38. The number of hydrogen-bond donors (Lipinski definition) is 1. The van der Waals surface area contributed by atoms with Gasteiger partial charge in [0, 0.05) is 12.2 Å². The third kappa shape index (κ3) is 2.84. The summed E-state index contributed by atoms with van der Waals surface area (Å²) in [5.74, 6) is 0.511. The third-order valence-electron chi connectivity index (χ3n) is 2.53. The highest BCUT2D eigenvalue weighted by atomic mass is 15.2. The first kappa shape index (κ1) is 11.2. The van der Waals surface area contributed by atoms with Crippen LogP contribution in [0.4, 0.5) is 0 Å². The van der Waals surface area contributed by atoms with E-state index < -0.39 is 0 Å². The van der Waals surface area contributed by atoms with Gasteiger partial charge in [-0.05, 0) is 25.1 Å². The molecule has 3 nitrogen and oxygen atoms in total. The summed E-state index contributed by atoms with van der Waals surface area (Å²) in [4.78, 5) is 2.37. The van der Waals surface area contributed by atoms with Crippen molar-refractivity contribution in [2.24, 2.45) is 0 Å². The topological polar surface area (TPSA) is 31.9 Å². The predicted octanol–water partition coefficient (Wildman–Crippen LogP) is 2.37. The van der Waals surface area contributed by atoms with Crippen molar-refractivity contribution in [3.8, 4) is 0 Å². The largest absolute Gasteiger partial charge is 0.298 e. The molecule has 1 N–H and O–H groups in total. The second-order valence-corrected chi connectivity index (χ2v) is 3.93. The van der Waals surface area contributed by atoms with Gasteiger partial charge in [0.1, 0.15) is 0 Å². The average molecular weight is 195 g/mol. The standard InChI is InChI=1S/C11H21N3/c1-5-14(6-2)8-10-7-11(9(3)4)13-12-10/h7,9H,5-6,8H2,1-4H3,(H,12,13). The highest BCUT2D eigenvalue weighted by Gasteiger charge is 2.07. The molecule has 0 bridgehead atoms. The van der Waals surface area contributed by atoms with E-state index in [2.05, 4.69) is 48.9 Å². The van der Waals surface area contributed by atoms with Crippen LogP contribution in [0.3, 0.4) is 0 Å². The zero-order valence-electron chi connectivity index (χ0n) is 9.67. The Morgan fingerprint density at radius 1 is 1.36 bits per heavy atom. The first-order chi connectivity index (χ1) is 6.67. The fourth-order valence-electron chi connectivity index (χ4n) is 1.44. The molecule has 1 rings (SSSR count). The molecule has 0 aliphatic carbocycles. The minimum absolute atomic E-state index is 0.511. The molecule has 0 aromatic carbocycles. The molecular formula is C11H21N3. The van der Waals surface area contributed by atoms with Crippen molar-refractivity contribution in [2.75, 3.05) is 13.1 Å². The fourth-order valence-corrected chi connectivity index (χ4v) is 1.44. The van der Waals surface area contributed by atoms with E-state index >= 15 is 0 Å². The van der Waals surface area contributed by atoms with E-state index in [-0.39, 0.29) is 0 Å². The lowest BCUT2D eigenvalue weighted by atomic mass is 10.1. The predicted molar refractivity (Wildman–Crippen MR) is 59.3 cm³/mol. The smallest absolute Gasteiger partial charge is 0.0650 e. The van der Waals surface area contributed by atoms with E-state index in [1.807, 2.05) is 0 Å². The first-order valence-corrected chi connectivity index (χ1v) is 5.43. The van der Waals surface area contributed by atoms with E-state index in [9.17, 15) is 0 Å². The number of aromatic amines is 1. The van der Waals surface area contributed by atoms with Crippen LogP contribution in [-0.2, 0) is 6.54 Å². The van der Waals surface area contributed by atoms with E-state index in [0.29, 0.717) is 5.92 Å². The quantitative estimate of drug-likeness (QED) is 0.782. The molecule has 1 aromatic heterocycles. The number of H-pyrrole nitrogens is 1. The first-order valence-electron chi connectivity index (χ1n) is 5.43. The maximum Gasteiger partial charge on any atom is 0.0650 e. The van der Waals surface area contributed by atoms with Crippen LogP contribution in [0.2, 0.25) is 0 Å². The monoisotopic (exact) mass is 195 g/mol. The molecule has 1 heterocycles. The number of nitrogens with zero attached hydrogens (tertiary/aromatic N) is 2. The van der Waals surface area contributed by atoms with Gasteiger partial charge in [0.15, 0.2) is 0 Å². The minimum atomic E-state index is 0.511. The SMILES string of the molecule is CCN(CC)Cc1cc(C(C)C)n[nH]1. The van der Waals surface area contributed by atoms with Crippen molar-refractivity contribution in [2.45, 2.75) is 40.2 Å². The maximum atomic E-state index is 4.29. The van der Waals surface area contributed by atoms with E-state index in [1.54, 1.807) is 0 Å². The van der Waals surface area contributed by atoms with Crippen LogP contribution in [-0.4, -0.2) is 28.2 Å². The summed E-state index contributed by atoms with van der Waals surface area (Å²) < 4.78 is 0. The zero-order chi connectivity index (χ0) is 10.6. The van der Waals surface area contributed by atoms with Crippen LogP contribution in [0.15, 0.2) is 6.07 Å².